The Bertz CT molecular complexity index is 676. The SMILES string of the molecule is CCNc1cc(C)ncc1C(=O)Nc1ccc(Cl)c(Br)c1. The van der Waals surface area contributed by atoms with Crippen LogP contribution in [-0.2, 0) is 0 Å². The molecule has 0 saturated heterocycles. The monoisotopic (exact) mass is 367 g/mol. The van der Waals surface area contributed by atoms with E-state index < -0.39 is 0 Å². The van der Waals surface area contributed by atoms with Crippen molar-refractivity contribution in [1.29, 1.82) is 0 Å². The fraction of sp³-hybridized carbons (Fsp3) is 0.200. The van der Waals surface area contributed by atoms with Crippen molar-refractivity contribution in [2.75, 3.05) is 17.2 Å². The van der Waals surface area contributed by atoms with Crippen LogP contribution >= 0.6 is 27.5 Å². The molecule has 0 bridgehead atoms. The number of hydrogen-bond acceptors (Lipinski definition) is 3. The molecule has 2 aromatic rings. The van der Waals surface area contributed by atoms with Gasteiger partial charge in [-0.3, -0.25) is 9.78 Å². The minimum absolute atomic E-state index is 0.215. The molecule has 1 aromatic heterocycles. The second-order valence-electron chi connectivity index (χ2n) is 4.48. The van der Waals surface area contributed by atoms with E-state index in [2.05, 4.69) is 31.5 Å². The average molecular weight is 369 g/mol. The number of pyridine rings is 1. The molecule has 0 atom stereocenters. The summed E-state index contributed by atoms with van der Waals surface area (Å²) in [4.78, 5) is 16.6. The fourth-order valence-electron chi connectivity index (χ4n) is 1.85. The molecule has 0 aliphatic heterocycles. The number of hydrogen-bond donors (Lipinski definition) is 2. The minimum atomic E-state index is -0.215. The largest absolute Gasteiger partial charge is 0.385 e. The van der Waals surface area contributed by atoms with Crippen LogP contribution in [0.25, 0.3) is 0 Å². The summed E-state index contributed by atoms with van der Waals surface area (Å²) in [5, 5.41) is 6.61. The molecule has 0 aliphatic carbocycles. The zero-order valence-electron chi connectivity index (χ0n) is 11.7. The highest BCUT2D eigenvalue weighted by atomic mass is 79.9. The summed E-state index contributed by atoms with van der Waals surface area (Å²) in [6, 6.07) is 7.09. The Morgan fingerprint density at radius 1 is 1.38 bits per heavy atom. The number of aromatic nitrogens is 1. The number of rotatable bonds is 4. The van der Waals surface area contributed by atoms with Crippen molar-refractivity contribution in [3.8, 4) is 0 Å². The predicted octanol–water partition coefficient (Wildman–Crippen LogP) is 4.49. The fourth-order valence-corrected chi connectivity index (χ4v) is 2.35. The van der Waals surface area contributed by atoms with Gasteiger partial charge in [-0.05, 0) is 54.0 Å². The molecule has 2 N–H and O–H groups in total. The molecule has 1 aromatic carbocycles. The van der Waals surface area contributed by atoms with Crippen LogP contribution in [0.2, 0.25) is 5.02 Å². The summed E-state index contributed by atoms with van der Waals surface area (Å²) >= 11 is 9.27. The Balaban J connectivity index is 2.25. The molecule has 110 valence electrons. The lowest BCUT2D eigenvalue weighted by atomic mass is 10.2. The van der Waals surface area contributed by atoms with Gasteiger partial charge in [0.1, 0.15) is 0 Å². The molecule has 2 rings (SSSR count). The van der Waals surface area contributed by atoms with Gasteiger partial charge in [0.05, 0.1) is 16.3 Å². The van der Waals surface area contributed by atoms with E-state index in [-0.39, 0.29) is 5.91 Å². The molecule has 1 amide bonds. The highest BCUT2D eigenvalue weighted by molar-refractivity contribution is 9.10. The standard InChI is InChI=1S/C15H15BrClN3O/c1-3-18-14-6-9(2)19-8-11(14)15(21)20-10-4-5-13(17)12(16)7-10/h4-8H,3H2,1-2H3,(H,18,19)(H,20,21). The quantitative estimate of drug-likeness (QED) is 0.836. The molecule has 0 unspecified atom stereocenters. The first-order valence-electron chi connectivity index (χ1n) is 6.48. The van der Waals surface area contributed by atoms with Crippen LogP contribution < -0.4 is 10.6 Å². The summed E-state index contributed by atoms with van der Waals surface area (Å²) in [5.74, 6) is -0.215. The smallest absolute Gasteiger partial charge is 0.259 e. The first kappa shape index (κ1) is 15.8. The van der Waals surface area contributed by atoms with Crippen molar-refractivity contribution >= 4 is 44.8 Å². The second-order valence-corrected chi connectivity index (χ2v) is 5.75. The van der Waals surface area contributed by atoms with Gasteiger partial charge in [0.2, 0.25) is 0 Å². The normalized spacial score (nSPS) is 10.3. The Morgan fingerprint density at radius 3 is 2.81 bits per heavy atom. The van der Waals surface area contributed by atoms with Crippen LogP contribution in [0.4, 0.5) is 11.4 Å². The van der Waals surface area contributed by atoms with Gasteiger partial charge < -0.3 is 10.6 Å². The zero-order chi connectivity index (χ0) is 15.4. The summed E-state index contributed by atoms with van der Waals surface area (Å²) in [5.41, 5.74) is 2.81. The number of nitrogens with zero attached hydrogens (tertiary/aromatic N) is 1. The van der Waals surface area contributed by atoms with Gasteiger partial charge in [-0.1, -0.05) is 11.6 Å². The predicted molar refractivity (Wildman–Crippen MR) is 90.2 cm³/mol. The third kappa shape index (κ3) is 3.95. The molecular weight excluding hydrogens is 354 g/mol. The number of anilines is 2. The minimum Gasteiger partial charge on any atom is -0.385 e. The maximum atomic E-state index is 12.4. The van der Waals surface area contributed by atoms with Crippen molar-refractivity contribution in [3.63, 3.8) is 0 Å². The Labute approximate surface area is 137 Å². The second kappa shape index (κ2) is 6.91. The summed E-state index contributed by atoms with van der Waals surface area (Å²) < 4.78 is 0.732. The lowest BCUT2D eigenvalue weighted by molar-refractivity contribution is 0.102. The number of aryl methyl sites for hydroxylation is 1. The van der Waals surface area contributed by atoms with Crippen molar-refractivity contribution in [3.05, 3.63) is 51.2 Å². The van der Waals surface area contributed by atoms with Gasteiger partial charge in [-0.15, -0.1) is 0 Å². The molecule has 4 nitrogen and oxygen atoms in total. The maximum Gasteiger partial charge on any atom is 0.259 e. The first-order valence-corrected chi connectivity index (χ1v) is 7.65. The first-order chi connectivity index (χ1) is 10.0. The molecule has 21 heavy (non-hydrogen) atoms. The molecule has 0 spiro atoms. The molecule has 0 fully saturated rings. The van der Waals surface area contributed by atoms with E-state index in [0.717, 1.165) is 22.4 Å². The third-order valence-electron chi connectivity index (χ3n) is 2.83. The maximum absolute atomic E-state index is 12.4. The van der Waals surface area contributed by atoms with Crippen molar-refractivity contribution in [2.24, 2.45) is 0 Å². The summed E-state index contributed by atoms with van der Waals surface area (Å²) in [6.45, 7) is 4.60. The van der Waals surface area contributed by atoms with Crippen LogP contribution in [0.3, 0.4) is 0 Å². The van der Waals surface area contributed by atoms with Gasteiger partial charge in [0.15, 0.2) is 0 Å². The molecular formula is C15H15BrClN3O. The van der Waals surface area contributed by atoms with Crippen molar-refractivity contribution < 1.29 is 4.79 Å². The van der Waals surface area contributed by atoms with Gasteiger partial charge in [-0.2, -0.15) is 0 Å². The van der Waals surface area contributed by atoms with E-state index in [1.54, 1.807) is 24.4 Å². The third-order valence-corrected chi connectivity index (χ3v) is 4.04. The highest BCUT2D eigenvalue weighted by Crippen LogP contribution is 2.26. The average Bonchev–Trinajstić information content (AvgIpc) is 2.43. The zero-order valence-corrected chi connectivity index (χ0v) is 14.0. The van der Waals surface area contributed by atoms with Crippen molar-refractivity contribution in [2.45, 2.75) is 13.8 Å². The summed E-state index contributed by atoms with van der Waals surface area (Å²) in [6.07, 6.45) is 1.58. The van der Waals surface area contributed by atoms with E-state index in [1.165, 1.54) is 0 Å². The molecule has 0 aliphatic rings. The number of carbonyl (C=O) groups is 1. The molecule has 0 saturated carbocycles. The topological polar surface area (TPSA) is 54.0 Å². The van der Waals surface area contributed by atoms with Gasteiger partial charge in [0.25, 0.3) is 5.91 Å². The van der Waals surface area contributed by atoms with Crippen LogP contribution in [0.15, 0.2) is 34.9 Å². The lowest BCUT2D eigenvalue weighted by Gasteiger charge is -2.12. The number of benzene rings is 1. The van der Waals surface area contributed by atoms with E-state index in [4.69, 9.17) is 11.6 Å². The van der Waals surface area contributed by atoms with E-state index in [1.807, 2.05) is 19.9 Å². The van der Waals surface area contributed by atoms with Gasteiger partial charge in [0, 0.05) is 28.6 Å². The molecule has 1 heterocycles. The molecule has 6 heteroatoms. The number of halogens is 2. The van der Waals surface area contributed by atoms with Crippen LogP contribution in [0.5, 0.6) is 0 Å². The van der Waals surface area contributed by atoms with Crippen molar-refractivity contribution in [1.82, 2.24) is 4.98 Å². The van der Waals surface area contributed by atoms with Crippen LogP contribution in [0.1, 0.15) is 23.0 Å². The Kier molecular flexibility index (Phi) is 5.20. The van der Waals surface area contributed by atoms with E-state index in [0.29, 0.717) is 16.3 Å². The van der Waals surface area contributed by atoms with E-state index in [9.17, 15) is 4.79 Å². The summed E-state index contributed by atoms with van der Waals surface area (Å²) in [7, 11) is 0. The highest BCUT2D eigenvalue weighted by Gasteiger charge is 2.13. The number of amides is 1. The molecule has 0 radical (unpaired) electrons. The van der Waals surface area contributed by atoms with E-state index >= 15 is 0 Å². The lowest BCUT2D eigenvalue weighted by Crippen LogP contribution is -2.15. The Hall–Kier alpha value is -1.59. The van der Waals surface area contributed by atoms with Crippen LogP contribution in [0, 0.1) is 6.92 Å². The van der Waals surface area contributed by atoms with Gasteiger partial charge in [-0.25, -0.2) is 0 Å². The number of nitrogens with one attached hydrogen (secondary N) is 2. The van der Waals surface area contributed by atoms with Crippen LogP contribution in [-0.4, -0.2) is 17.4 Å². The number of carbonyl (C=O) groups excluding carboxylic acids is 1. The van der Waals surface area contributed by atoms with Gasteiger partial charge >= 0.3 is 0 Å². The Morgan fingerprint density at radius 2 is 2.14 bits per heavy atom.